The first-order chi connectivity index (χ1) is 7.92. The van der Waals surface area contributed by atoms with Crippen LogP contribution in [0, 0.1) is 0 Å². The molecule has 0 aliphatic heterocycles. The van der Waals surface area contributed by atoms with Gasteiger partial charge in [-0.15, -0.1) is 5.10 Å². The van der Waals surface area contributed by atoms with E-state index in [4.69, 9.17) is 5.73 Å². The van der Waals surface area contributed by atoms with E-state index < -0.39 is 0 Å². The molecule has 0 radical (unpaired) electrons. The second kappa shape index (κ2) is 4.93. The maximum atomic E-state index is 5.07. The van der Waals surface area contributed by atoms with E-state index in [1.54, 1.807) is 6.21 Å². The lowest BCUT2D eigenvalue weighted by Gasteiger charge is -2.00. The van der Waals surface area contributed by atoms with Crippen LogP contribution >= 0.6 is 0 Å². The Morgan fingerprint density at radius 1 is 1.00 bits per heavy atom. The maximum Gasteiger partial charge on any atom is 0.108 e. The summed E-state index contributed by atoms with van der Waals surface area (Å²) in [5.41, 5.74) is 8.57. The van der Waals surface area contributed by atoms with Gasteiger partial charge in [-0.05, 0) is 10.8 Å². The van der Waals surface area contributed by atoms with Gasteiger partial charge in [0.25, 0.3) is 0 Å². The maximum absolute atomic E-state index is 5.07. The summed E-state index contributed by atoms with van der Waals surface area (Å²) in [5.74, 6) is 0. The van der Waals surface area contributed by atoms with Gasteiger partial charge in [-0.2, -0.15) is 10.6 Å². The van der Waals surface area contributed by atoms with Crippen molar-refractivity contribution in [2.24, 2.45) is 15.9 Å². The zero-order valence-electron chi connectivity index (χ0n) is 8.67. The first kappa shape index (κ1) is 10.2. The molecule has 0 aliphatic rings. The standard InChI is InChI=1S/C12H12N4/c13-9-15-16-14-8-11-6-3-5-10-4-1-2-7-12(10)11/h1-9,16H,(H2,13,15)/b14-8+. The van der Waals surface area contributed by atoms with Crippen molar-refractivity contribution in [3.63, 3.8) is 0 Å². The van der Waals surface area contributed by atoms with Crippen molar-refractivity contribution < 1.29 is 0 Å². The van der Waals surface area contributed by atoms with Crippen molar-refractivity contribution in [1.29, 1.82) is 0 Å². The average molecular weight is 212 g/mol. The summed E-state index contributed by atoms with van der Waals surface area (Å²) in [6, 6.07) is 14.2. The molecule has 0 aromatic heterocycles. The van der Waals surface area contributed by atoms with E-state index in [1.165, 1.54) is 5.39 Å². The molecule has 0 saturated heterocycles. The summed E-state index contributed by atoms with van der Waals surface area (Å²) >= 11 is 0. The number of rotatable bonds is 3. The smallest absolute Gasteiger partial charge is 0.108 e. The molecule has 80 valence electrons. The highest BCUT2D eigenvalue weighted by atomic mass is 15.5. The van der Waals surface area contributed by atoms with Crippen LogP contribution in [0.25, 0.3) is 10.8 Å². The molecule has 4 heteroatoms. The summed E-state index contributed by atoms with van der Waals surface area (Å²) in [5, 5.41) is 9.85. The summed E-state index contributed by atoms with van der Waals surface area (Å²) in [4.78, 5) is 0. The van der Waals surface area contributed by atoms with Crippen LogP contribution in [0.3, 0.4) is 0 Å². The number of fused-ring (bicyclic) bond motifs is 1. The van der Waals surface area contributed by atoms with Crippen molar-refractivity contribution >= 4 is 23.3 Å². The summed E-state index contributed by atoms with van der Waals surface area (Å²) in [7, 11) is 0. The molecular weight excluding hydrogens is 200 g/mol. The Hall–Kier alpha value is -2.36. The van der Waals surface area contributed by atoms with E-state index in [2.05, 4.69) is 33.9 Å². The molecule has 2 aromatic rings. The third kappa shape index (κ3) is 2.17. The van der Waals surface area contributed by atoms with Crippen LogP contribution in [0.2, 0.25) is 0 Å². The molecular formula is C12H12N4. The fourth-order valence-electron chi connectivity index (χ4n) is 1.53. The largest absolute Gasteiger partial charge is 0.388 e. The molecule has 3 N–H and O–H groups in total. The highest BCUT2D eigenvalue weighted by Crippen LogP contribution is 2.16. The molecule has 0 spiro atoms. The van der Waals surface area contributed by atoms with Crippen LogP contribution in [0.4, 0.5) is 0 Å². The van der Waals surface area contributed by atoms with Crippen molar-refractivity contribution in [2.45, 2.75) is 0 Å². The van der Waals surface area contributed by atoms with Gasteiger partial charge in [-0.1, -0.05) is 42.5 Å². The second-order valence-electron chi connectivity index (χ2n) is 3.20. The lowest BCUT2D eigenvalue weighted by molar-refractivity contribution is 0.816. The fourth-order valence-corrected chi connectivity index (χ4v) is 1.53. The summed E-state index contributed by atoms with van der Waals surface area (Å²) in [6.07, 6.45) is 2.87. The zero-order chi connectivity index (χ0) is 11.2. The van der Waals surface area contributed by atoms with Gasteiger partial charge in [0.15, 0.2) is 0 Å². The second-order valence-corrected chi connectivity index (χ2v) is 3.20. The number of nitrogens with zero attached hydrogens (tertiary/aromatic N) is 2. The highest BCUT2D eigenvalue weighted by molar-refractivity contribution is 5.99. The van der Waals surface area contributed by atoms with Gasteiger partial charge in [0, 0.05) is 5.56 Å². The third-order valence-electron chi connectivity index (χ3n) is 2.22. The lowest BCUT2D eigenvalue weighted by atomic mass is 10.1. The van der Waals surface area contributed by atoms with E-state index in [1.807, 2.05) is 24.3 Å². The number of nitrogens with two attached hydrogens (primary N) is 1. The van der Waals surface area contributed by atoms with Crippen molar-refractivity contribution in [1.82, 2.24) is 5.53 Å². The van der Waals surface area contributed by atoms with Crippen molar-refractivity contribution in [3.8, 4) is 0 Å². The van der Waals surface area contributed by atoms with Gasteiger partial charge in [0.05, 0.1) is 6.21 Å². The number of hydrogen-bond acceptors (Lipinski definition) is 3. The number of hydrazone groups is 2. The number of nitrogens with one attached hydrogen (secondary N) is 1. The molecule has 0 bridgehead atoms. The van der Waals surface area contributed by atoms with Gasteiger partial charge < -0.3 is 5.73 Å². The van der Waals surface area contributed by atoms with Crippen LogP contribution in [0.5, 0.6) is 0 Å². The molecule has 2 aromatic carbocycles. The Kier molecular flexibility index (Phi) is 3.13. The van der Waals surface area contributed by atoms with Crippen LogP contribution in [-0.4, -0.2) is 12.6 Å². The van der Waals surface area contributed by atoms with Gasteiger partial charge in [-0.3, -0.25) is 0 Å². The third-order valence-corrected chi connectivity index (χ3v) is 2.22. The zero-order valence-corrected chi connectivity index (χ0v) is 8.67. The van der Waals surface area contributed by atoms with E-state index in [0.717, 1.165) is 17.3 Å². The minimum atomic E-state index is 1.04. The SMILES string of the molecule is N/C=N\N/N=C/c1cccc2ccccc12. The fraction of sp³-hybridized carbons (Fsp3) is 0. The molecule has 0 atom stereocenters. The Balaban J connectivity index is 2.33. The van der Waals surface area contributed by atoms with E-state index in [9.17, 15) is 0 Å². The van der Waals surface area contributed by atoms with E-state index in [-0.39, 0.29) is 0 Å². The van der Waals surface area contributed by atoms with Gasteiger partial charge in [0.1, 0.15) is 6.34 Å². The number of hydrogen-bond donors (Lipinski definition) is 2. The lowest BCUT2D eigenvalue weighted by Crippen LogP contribution is -2.00. The predicted molar refractivity (Wildman–Crippen MR) is 67.4 cm³/mol. The topological polar surface area (TPSA) is 62.8 Å². The predicted octanol–water partition coefficient (Wildman–Crippen LogP) is 1.67. The molecule has 0 amide bonds. The molecule has 16 heavy (non-hydrogen) atoms. The minimum absolute atomic E-state index is 1.04. The Morgan fingerprint density at radius 3 is 2.69 bits per heavy atom. The highest BCUT2D eigenvalue weighted by Gasteiger charge is 1.95. The van der Waals surface area contributed by atoms with Crippen molar-refractivity contribution in [2.75, 3.05) is 0 Å². The molecule has 4 nitrogen and oxygen atoms in total. The normalized spacial score (nSPS) is 11.5. The molecule has 2 rings (SSSR count). The molecule has 0 fully saturated rings. The average Bonchev–Trinajstić information content (AvgIpc) is 2.35. The van der Waals surface area contributed by atoms with Crippen molar-refractivity contribution in [3.05, 3.63) is 48.0 Å². The molecule has 0 heterocycles. The van der Waals surface area contributed by atoms with Gasteiger partial charge in [-0.25, -0.2) is 0 Å². The number of benzene rings is 2. The van der Waals surface area contributed by atoms with E-state index in [0.29, 0.717) is 0 Å². The molecule has 0 saturated carbocycles. The summed E-state index contributed by atoms with van der Waals surface area (Å²) in [6.45, 7) is 0. The Bertz CT molecular complexity index is 526. The van der Waals surface area contributed by atoms with Gasteiger partial charge in [0.2, 0.25) is 0 Å². The van der Waals surface area contributed by atoms with Gasteiger partial charge >= 0.3 is 0 Å². The quantitative estimate of drug-likeness (QED) is 0.462. The monoisotopic (exact) mass is 212 g/mol. The Morgan fingerprint density at radius 2 is 1.81 bits per heavy atom. The first-order valence-corrected chi connectivity index (χ1v) is 4.91. The van der Waals surface area contributed by atoms with Crippen LogP contribution < -0.4 is 11.3 Å². The van der Waals surface area contributed by atoms with Crippen LogP contribution in [-0.2, 0) is 0 Å². The van der Waals surface area contributed by atoms with Crippen LogP contribution in [0.15, 0.2) is 52.7 Å². The van der Waals surface area contributed by atoms with E-state index >= 15 is 0 Å². The Labute approximate surface area is 93.5 Å². The molecule has 0 unspecified atom stereocenters. The first-order valence-electron chi connectivity index (χ1n) is 4.91. The minimum Gasteiger partial charge on any atom is -0.388 e. The van der Waals surface area contributed by atoms with Crippen LogP contribution in [0.1, 0.15) is 5.56 Å². The summed E-state index contributed by atoms with van der Waals surface area (Å²) < 4.78 is 0. The molecule has 0 aliphatic carbocycles.